The fourth-order valence-electron chi connectivity index (χ4n) is 14.8. The second-order valence-electron chi connectivity index (χ2n) is 32.4. The van der Waals surface area contributed by atoms with Gasteiger partial charge in [0.15, 0.2) is 0 Å². The van der Waals surface area contributed by atoms with Gasteiger partial charge >= 0.3 is 75.9 Å². The zero-order valence-electron chi connectivity index (χ0n) is 76.0. The number of aliphatic imine (C=N–C) groups is 4. The van der Waals surface area contributed by atoms with Crippen LogP contribution in [0.15, 0.2) is 431 Å². The predicted molar refractivity (Wildman–Crippen MR) is 546 cm³/mol. The van der Waals surface area contributed by atoms with Crippen molar-refractivity contribution in [3.05, 3.63) is 434 Å². The summed E-state index contributed by atoms with van der Waals surface area (Å²) in [5.41, 5.74) is 17.7. The molecule has 0 aliphatic rings. The number of hydrogen-bond acceptors (Lipinski definition) is 24. The van der Waals surface area contributed by atoms with Crippen molar-refractivity contribution in [2.75, 3.05) is 45.8 Å². The van der Waals surface area contributed by atoms with Gasteiger partial charge in [-0.1, -0.05) is 185 Å². The molecule has 0 spiro atoms. The molecule has 0 aliphatic carbocycles. The SMILES string of the molecule is CC(C)(CN=Cc1cc(-c2cccs2)ccc1O)CN=Cc1cc(-c2cccs2)ccc1O.CC(C)(CN=Cc1cc(N(c2ccccc2)c2ccccc2)ccc1O)CN=Cc1cc(N(c2ccccc2)c2ccccc2)ccc1O.Oc1ccc(N(c2ccccc2)c2ccccc2)c2cccnc12.Oc1ccc(N(c2ccccc2)c2ccccc2)c2cccnc12.[O]=[W]=[O].[O]=[W]=[O].[O]=[W]=[O]. The molecule has 22 nitrogen and oxygen atoms in total. The summed E-state index contributed by atoms with van der Waals surface area (Å²) in [6, 6.07) is 127. The van der Waals surface area contributed by atoms with E-state index in [1.165, 1.54) is 0 Å². The average Bonchev–Trinajstić information content (AvgIpc) is 0.917. The van der Waals surface area contributed by atoms with Crippen molar-refractivity contribution < 1.29 is 106 Å². The number of fused-ring (bicyclic) bond motifs is 2. The second-order valence-corrected chi connectivity index (χ2v) is 35.8. The number of para-hydroxylation sites is 8. The Hall–Kier alpha value is -15.2. The topological polar surface area (TPSA) is 312 Å². The normalized spacial score (nSPS) is 10.9. The molecule has 0 atom stereocenters. The van der Waals surface area contributed by atoms with Gasteiger partial charge in [0, 0.05) is 174 Å². The van der Waals surface area contributed by atoms with E-state index >= 15 is 0 Å². The monoisotopic (exact) mass is 2390 g/mol. The van der Waals surface area contributed by atoms with Gasteiger partial charge in [-0.15, -0.1) is 22.7 Å². The second kappa shape index (κ2) is 52.8. The number of aromatic hydroxyl groups is 6. The Balaban J connectivity index is 0.000000168. The van der Waals surface area contributed by atoms with E-state index in [-0.39, 0.29) is 45.3 Å². The summed E-state index contributed by atoms with van der Waals surface area (Å²) in [7, 11) is 0. The van der Waals surface area contributed by atoms with Crippen LogP contribution < -0.4 is 19.6 Å². The fraction of sp³-hybridized carbons (Fsp3) is 0.0893. The molecule has 0 saturated heterocycles. The van der Waals surface area contributed by atoms with Crippen LogP contribution in [0.4, 0.5) is 68.2 Å². The third-order valence-electron chi connectivity index (χ3n) is 21.3. The minimum atomic E-state index is -2.25. The third kappa shape index (κ3) is 29.4. The molecule has 0 fully saturated rings. The number of anilines is 12. The summed E-state index contributed by atoms with van der Waals surface area (Å²) in [6.45, 7) is 10.5. The Bertz CT molecular complexity index is 6610. The van der Waals surface area contributed by atoms with Crippen LogP contribution in [0.5, 0.6) is 34.5 Å². The number of phenols is 6. The van der Waals surface area contributed by atoms with Gasteiger partial charge in [-0.2, -0.15) is 0 Å². The molecule has 4 heterocycles. The number of benzene rings is 14. The van der Waals surface area contributed by atoms with Crippen LogP contribution in [0.3, 0.4) is 0 Å². The van der Waals surface area contributed by atoms with Crippen molar-refractivity contribution in [2.45, 2.75) is 27.7 Å². The van der Waals surface area contributed by atoms with Crippen LogP contribution in [-0.4, -0.2) is 91.6 Å². The van der Waals surface area contributed by atoms with Gasteiger partial charge < -0.3 is 50.2 Å². The molecular formula is C112H98N10O12S2W3. The van der Waals surface area contributed by atoms with E-state index in [9.17, 15) is 30.6 Å². The molecule has 27 heteroatoms. The molecule has 18 rings (SSSR count). The van der Waals surface area contributed by atoms with Gasteiger partial charge in [0.2, 0.25) is 0 Å². The molecular weight excluding hydrogens is 2290 g/mol. The van der Waals surface area contributed by atoms with Crippen LogP contribution in [0.1, 0.15) is 49.9 Å². The van der Waals surface area contributed by atoms with E-state index in [1.807, 2.05) is 253 Å². The van der Waals surface area contributed by atoms with Crippen molar-refractivity contribution in [3.63, 3.8) is 0 Å². The number of nitrogens with zero attached hydrogens (tertiary/aromatic N) is 10. The number of pyridine rings is 2. The first kappa shape index (κ1) is 103. The van der Waals surface area contributed by atoms with Crippen molar-refractivity contribution in [3.8, 4) is 55.4 Å². The average molecular weight is 2390 g/mol. The molecule has 0 bridgehead atoms. The number of rotatable bonds is 26. The zero-order valence-corrected chi connectivity index (χ0v) is 86.5. The molecule has 4 aromatic heterocycles. The van der Waals surface area contributed by atoms with Gasteiger partial charge in [-0.3, -0.25) is 29.9 Å². The summed E-state index contributed by atoms with van der Waals surface area (Å²) in [4.78, 5) is 38.3. The Labute approximate surface area is 840 Å². The van der Waals surface area contributed by atoms with Crippen LogP contribution in [0.2, 0.25) is 0 Å². The molecule has 0 saturated carbocycles. The molecule has 0 radical (unpaired) electrons. The van der Waals surface area contributed by atoms with Crippen LogP contribution in [-0.2, 0) is 75.9 Å². The molecule has 0 aliphatic heterocycles. The van der Waals surface area contributed by atoms with Gasteiger partial charge in [0.25, 0.3) is 0 Å². The number of phenolic OH excluding ortho intramolecular Hbond substituents is 6. The number of thiophene rings is 2. The van der Waals surface area contributed by atoms with Crippen molar-refractivity contribution in [2.24, 2.45) is 30.8 Å². The van der Waals surface area contributed by atoms with Crippen molar-refractivity contribution in [1.29, 1.82) is 0 Å². The Kier molecular flexibility index (Phi) is 39.0. The first-order chi connectivity index (χ1) is 67.7. The Morgan fingerprint density at radius 3 is 0.755 bits per heavy atom. The van der Waals surface area contributed by atoms with E-state index in [2.05, 4.69) is 176 Å². The molecule has 698 valence electrons. The van der Waals surface area contributed by atoms with Gasteiger partial charge in [0.05, 0.1) is 11.4 Å². The maximum atomic E-state index is 10.7. The molecule has 18 aromatic rings. The quantitative estimate of drug-likeness (QED) is 0.0274. The predicted octanol–water partition coefficient (Wildman–Crippen LogP) is 27.8. The number of aromatic nitrogens is 2. The van der Waals surface area contributed by atoms with E-state index < -0.39 is 55.5 Å². The van der Waals surface area contributed by atoms with E-state index in [4.69, 9.17) is 30.4 Å². The molecule has 6 N–H and O–H groups in total. The third-order valence-corrected chi connectivity index (χ3v) is 23.1. The first-order valence-corrected chi connectivity index (χ1v) is 52.6. The van der Waals surface area contributed by atoms with Crippen LogP contribution in [0.25, 0.3) is 42.7 Å². The summed E-state index contributed by atoms with van der Waals surface area (Å²) in [5.74, 6) is 1.15. The number of hydrogen-bond donors (Lipinski definition) is 6. The molecule has 0 amide bonds. The van der Waals surface area contributed by atoms with E-state index in [0.29, 0.717) is 59.5 Å². The molecule has 139 heavy (non-hydrogen) atoms. The Morgan fingerprint density at radius 1 is 0.266 bits per heavy atom. The fourth-order valence-corrected chi connectivity index (χ4v) is 16.2. The summed E-state index contributed by atoms with van der Waals surface area (Å²) in [5, 5.41) is 68.0. The van der Waals surface area contributed by atoms with Crippen LogP contribution in [0, 0.1) is 10.8 Å². The van der Waals surface area contributed by atoms with E-state index in [0.717, 1.165) is 99.9 Å². The summed E-state index contributed by atoms with van der Waals surface area (Å²) in [6.07, 6.45) is 10.3. The molecule has 14 aromatic carbocycles. The summed E-state index contributed by atoms with van der Waals surface area (Å²) >= 11 is -3.41. The Morgan fingerprint density at radius 2 is 0.504 bits per heavy atom. The van der Waals surface area contributed by atoms with Crippen molar-refractivity contribution >= 4 is 138 Å². The summed E-state index contributed by atoms with van der Waals surface area (Å²) < 4.78 is 51.2. The maximum absolute atomic E-state index is 10.7. The van der Waals surface area contributed by atoms with Gasteiger partial charge in [0.1, 0.15) is 45.5 Å². The standard InChI is InChI=1S/C43H40N4O2.C27H26N2O2S2.2C21H16N2O.6O.3W/c1-43(2,31-44-29-33-27-39(23-25-41(33)48)46(35-15-7-3-8-16-35)36-17-9-4-10-18-36)32-45-30-34-28-40(24-26-42(34)49)47(37-19-11-5-12-20-37)38-21-13-6-14-22-38;1-27(2,17-28-15-21-13-19(7-9-23(21)30)25-5-3-11-32-25)18-29-16-22-14-20(8-10-24(22)31)26-6-4-12-33-26;2*24-20-14-13-19(18-12-7-15-22-21(18)20)23(16-8-3-1-4-9-16)17-10-5-2-6-11-17;;;;;;;;;/h3-30,48-49H,31-32H2,1-2H3;3-16,30-31H,17-18H2,1-2H3;2*1-15,24H;;;;;;;;;. The minimum absolute atomic E-state index is 0.166. The van der Waals surface area contributed by atoms with Gasteiger partial charge in [-0.05, 0) is 252 Å². The molecule has 0 unspecified atom stereocenters. The first-order valence-electron chi connectivity index (χ1n) is 43.6. The zero-order chi connectivity index (χ0) is 98.1. The van der Waals surface area contributed by atoms with Crippen molar-refractivity contribution in [1.82, 2.24) is 9.97 Å². The van der Waals surface area contributed by atoms with Crippen LogP contribution >= 0.6 is 22.7 Å². The van der Waals surface area contributed by atoms with E-state index in [1.54, 1.807) is 96.3 Å². The van der Waals surface area contributed by atoms with Gasteiger partial charge in [-0.25, -0.2) is 0 Å².